The van der Waals surface area contributed by atoms with E-state index in [2.05, 4.69) is 7.96 Å². The Morgan fingerprint density at radius 3 is 3.00 bits per heavy atom. The van der Waals surface area contributed by atoms with Crippen LogP contribution in [0.5, 0.6) is 0 Å². The number of fused-ring (bicyclic) bond motifs is 1. The van der Waals surface area contributed by atoms with Crippen molar-refractivity contribution in [1.29, 1.82) is 0 Å². The Kier molecular flexibility index (Phi) is 1.67. The van der Waals surface area contributed by atoms with Crippen LogP contribution < -0.4 is 0 Å². The molecule has 60 valence electrons. The molecule has 0 fully saturated rings. The second-order valence-electron chi connectivity index (χ2n) is 2.24. The fourth-order valence-electron chi connectivity index (χ4n) is 0.979. The Balaban J connectivity index is 2.82. The van der Waals surface area contributed by atoms with Gasteiger partial charge in [0.05, 0.1) is 0 Å². The van der Waals surface area contributed by atoms with Crippen LogP contribution in [0.3, 0.4) is 0 Å². The van der Waals surface area contributed by atoms with Crippen LogP contribution in [-0.2, 0) is 0 Å². The van der Waals surface area contributed by atoms with E-state index >= 15 is 0 Å². The van der Waals surface area contributed by atoms with Crippen LogP contribution in [0.1, 0.15) is 10.4 Å². The number of hydrogen-bond acceptors (Lipinski definition) is 3. The van der Waals surface area contributed by atoms with E-state index in [0.717, 1.165) is 0 Å². The van der Waals surface area contributed by atoms with E-state index in [1.165, 1.54) is 0 Å². The summed E-state index contributed by atoms with van der Waals surface area (Å²) in [6.45, 7) is 0. The van der Waals surface area contributed by atoms with E-state index in [9.17, 15) is 4.79 Å². The number of nitrogens with zero attached hydrogens (tertiary/aromatic N) is 2. The fourth-order valence-corrected chi connectivity index (χ4v) is 2.13. The van der Waals surface area contributed by atoms with Gasteiger partial charge in [-0.2, -0.15) is 0 Å². The molecule has 0 aliphatic rings. The van der Waals surface area contributed by atoms with Crippen LogP contribution in [0.4, 0.5) is 0 Å². The maximum absolute atomic E-state index is 10.7. The first kappa shape index (κ1) is 7.46. The average Bonchev–Trinajstić information content (AvgIpc) is 2.49. The molecule has 5 heteroatoms. The number of carbonyl (C=O) groups is 1. The fraction of sp³-hybridized carbons (Fsp3) is 0. The molecular formula is C7H4N2O2Se. The Labute approximate surface area is 74.1 Å². The van der Waals surface area contributed by atoms with Crippen LogP contribution in [0, 0.1) is 0 Å². The van der Waals surface area contributed by atoms with Crippen molar-refractivity contribution in [2.45, 2.75) is 0 Å². The van der Waals surface area contributed by atoms with Crippen molar-refractivity contribution in [3.05, 3.63) is 23.8 Å². The number of rotatable bonds is 1. The molecule has 4 nitrogen and oxygen atoms in total. The molecule has 0 bridgehead atoms. The van der Waals surface area contributed by atoms with Crippen molar-refractivity contribution in [2.24, 2.45) is 0 Å². The normalized spacial score (nSPS) is 10.3. The van der Waals surface area contributed by atoms with E-state index < -0.39 is 5.97 Å². The second kappa shape index (κ2) is 2.69. The summed E-state index contributed by atoms with van der Waals surface area (Å²) in [4.78, 5) is 10.7. The monoisotopic (exact) mass is 228 g/mol. The first-order chi connectivity index (χ1) is 5.79. The average molecular weight is 227 g/mol. The topological polar surface area (TPSA) is 63.1 Å². The molecule has 12 heavy (non-hydrogen) atoms. The summed E-state index contributed by atoms with van der Waals surface area (Å²) in [7, 11) is 0. The zero-order chi connectivity index (χ0) is 8.55. The predicted octanol–water partition coefficient (Wildman–Crippen LogP) is 0.385. The van der Waals surface area contributed by atoms with Gasteiger partial charge in [0, 0.05) is 0 Å². The van der Waals surface area contributed by atoms with Crippen molar-refractivity contribution in [2.75, 3.05) is 0 Å². The molecule has 1 heterocycles. The molecule has 0 aliphatic heterocycles. The number of carboxylic acids is 1. The summed E-state index contributed by atoms with van der Waals surface area (Å²) in [5.41, 5.74) is 1.48. The Bertz CT molecular complexity index is 438. The van der Waals surface area contributed by atoms with Crippen molar-refractivity contribution in [3.63, 3.8) is 0 Å². The van der Waals surface area contributed by atoms with Crippen molar-refractivity contribution >= 4 is 32.0 Å². The number of aromatic nitrogens is 2. The Morgan fingerprint density at radius 2 is 2.25 bits per heavy atom. The zero-order valence-corrected chi connectivity index (χ0v) is 7.60. The van der Waals surface area contributed by atoms with Gasteiger partial charge < -0.3 is 0 Å². The molecule has 2 aromatic rings. The minimum absolute atomic E-state index is 0.159. The van der Waals surface area contributed by atoms with Gasteiger partial charge in [-0.3, -0.25) is 0 Å². The van der Waals surface area contributed by atoms with E-state index in [4.69, 9.17) is 5.11 Å². The van der Waals surface area contributed by atoms with Gasteiger partial charge in [-0.05, 0) is 0 Å². The number of aromatic carboxylic acids is 1. The Hall–Kier alpha value is -1.19. The number of carboxylic acid groups (broad SMARTS) is 1. The molecule has 1 aromatic carbocycles. The van der Waals surface area contributed by atoms with Crippen LogP contribution in [0.2, 0.25) is 0 Å². The molecular weight excluding hydrogens is 223 g/mol. The third-order valence-corrected chi connectivity index (χ3v) is 2.65. The van der Waals surface area contributed by atoms with Crippen molar-refractivity contribution in [1.82, 2.24) is 7.96 Å². The van der Waals surface area contributed by atoms with Gasteiger partial charge in [0.25, 0.3) is 0 Å². The van der Waals surface area contributed by atoms with Gasteiger partial charge in [-0.1, -0.05) is 0 Å². The predicted molar refractivity (Wildman–Crippen MR) is 43.4 cm³/mol. The second-order valence-corrected chi connectivity index (χ2v) is 3.35. The van der Waals surface area contributed by atoms with Crippen LogP contribution in [0.25, 0.3) is 11.0 Å². The van der Waals surface area contributed by atoms with Gasteiger partial charge in [0.2, 0.25) is 0 Å². The molecule has 0 saturated heterocycles. The summed E-state index contributed by atoms with van der Waals surface area (Å²) in [5.74, 6) is -0.941. The van der Waals surface area contributed by atoms with Gasteiger partial charge >= 0.3 is 73.6 Å². The van der Waals surface area contributed by atoms with Crippen molar-refractivity contribution in [3.8, 4) is 0 Å². The molecule has 0 amide bonds. The van der Waals surface area contributed by atoms with Gasteiger partial charge in [-0.15, -0.1) is 0 Å². The molecule has 1 aromatic heterocycles. The molecule has 1 N–H and O–H groups in total. The van der Waals surface area contributed by atoms with E-state index in [-0.39, 0.29) is 20.5 Å². The SMILES string of the molecule is O=C(O)c1cccc2n[se]nc12. The molecule has 0 unspecified atom stereocenters. The van der Waals surface area contributed by atoms with Gasteiger partial charge in [-0.25, -0.2) is 0 Å². The third kappa shape index (κ3) is 1.03. The van der Waals surface area contributed by atoms with Crippen molar-refractivity contribution < 1.29 is 9.90 Å². The maximum atomic E-state index is 10.7. The summed E-state index contributed by atoms with van der Waals surface area (Å²) >= 11 is -0.159. The molecule has 2 rings (SSSR count). The first-order valence-corrected chi connectivity index (χ1v) is 4.77. The molecule has 0 saturated carbocycles. The summed E-state index contributed by atoms with van der Waals surface area (Å²) in [6, 6.07) is 5.00. The minimum atomic E-state index is -0.941. The van der Waals surface area contributed by atoms with Gasteiger partial charge in [0.1, 0.15) is 0 Å². The summed E-state index contributed by atoms with van der Waals surface area (Å²) in [6.07, 6.45) is 0. The van der Waals surface area contributed by atoms with Crippen LogP contribution in [-0.4, -0.2) is 34.0 Å². The standard InChI is InChI=1S/C7H4N2O2Se/c10-7(11)4-2-1-3-5-6(4)9-12-8-5/h1-3H,(H,10,11). The van der Waals surface area contributed by atoms with Gasteiger partial charge in [0.15, 0.2) is 0 Å². The third-order valence-electron chi connectivity index (χ3n) is 1.52. The summed E-state index contributed by atoms with van der Waals surface area (Å²) in [5, 5.41) is 8.75. The van der Waals surface area contributed by atoms with E-state index in [1.54, 1.807) is 18.2 Å². The molecule has 0 aliphatic carbocycles. The van der Waals surface area contributed by atoms with E-state index in [0.29, 0.717) is 11.0 Å². The zero-order valence-electron chi connectivity index (χ0n) is 5.89. The quantitative estimate of drug-likeness (QED) is 0.715. The molecule has 0 spiro atoms. The first-order valence-electron chi connectivity index (χ1n) is 3.23. The molecule has 0 atom stereocenters. The van der Waals surface area contributed by atoms with Crippen LogP contribution >= 0.6 is 0 Å². The van der Waals surface area contributed by atoms with Crippen LogP contribution in [0.15, 0.2) is 18.2 Å². The summed E-state index contributed by atoms with van der Waals surface area (Å²) < 4.78 is 8.11. The van der Waals surface area contributed by atoms with E-state index in [1.807, 2.05) is 0 Å². The number of benzene rings is 1. The Morgan fingerprint density at radius 1 is 1.42 bits per heavy atom. The molecule has 0 radical (unpaired) electrons. The number of hydrogen-bond donors (Lipinski definition) is 1.